The third-order valence-corrected chi connectivity index (χ3v) is 6.76. The third kappa shape index (κ3) is 4.44. The van der Waals surface area contributed by atoms with Gasteiger partial charge in [0.2, 0.25) is 5.91 Å². The highest BCUT2D eigenvalue weighted by atomic mass is 32.2. The van der Waals surface area contributed by atoms with E-state index in [2.05, 4.69) is 0 Å². The summed E-state index contributed by atoms with van der Waals surface area (Å²) in [6.07, 6.45) is 4.40. The average Bonchev–Trinajstić information content (AvgIpc) is 3.08. The lowest BCUT2D eigenvalue weighted by molar-refractivity contribution is -0.144. The molecular weight excluding hydrogens is 320 g/mol. The van der Waals surface area contributed by atoms with Crippen LogP contribution in [0, 0.1) is 0 Å². The number of nitrogens with zero attached hydrogens (tertiary/aromatic N) is 2. The zero-order valence-corrected chi connectivity index (χ0v) is 14.6. The smallest absolute Gasteiger partial charge is 0.320 e. The summed E-state index contributed by atoms with van der Waals surface area (Å²) in [6, 6.07) is -0.921. The summed E-state index contributed by atoms with van der Waals surface area (Å²) in [6.45, 7) is 1.54. The summed E-state index contributed by atoms with van der Waals surface area (Å²) in [5, 5.41) is 9.05. The van der Waals surface area contributed by atoms with Gasteiger partial charge in [-0.3, -0.25) is 14.5 Å². The monoisotopic (exact) mass is 346 g/mol. The molecule has 0 aromatic rings. The summed E-state index contributed by atoms with van der Waals surface area (Å²) < 4.78 is 23.6. The van der Waals surface area contributed by atoms with Crippen LogP contribution in [0.2, 0.25) is 0 Å². The number of rotatable bonds is 6. The van der Waals surface area contributed by atoms with Crippen LogP contribution in [0.25, 0.3) is 0 Å². The van der Waals surface area contributed by atoms with Gasteiger partial charge in [-0.2, -0.15) is 0 Å². The minimum Gasteiger partial charge on any atom is -0.480 e. The summed E-state index contributed by atoms with van der Waals surface area (Å²) in [4.78, 5) is 27.1. The summed E-state index contributed by atoms with van der Waals surface area (Å²) >= 11 is 0. The molecule has 0 aromatic heterocycles. The first-order valence-corrected chi connectivity index (χ1v) is 9.98. The van der Waals surface area contributed by atoms with Crippen LogP contribution in [-0.4, -0.2) is 78.4 Å². The molecular formula is C15H26N2O5S. The van der Waals surface area contributed by atoms with Crippen LogP contribution >= 0.6 is 0 Å². The van der Waals surface area contributed by atoms with Gasteiger partial charge in [-0.15, -0.1) is 0 Å². The van der Waals surface area contributed by atoms with Crippen molar-refractivity contribution in [3.63, 3.8) is 0 Å². The Labute approximate surface area is 137 Å². The Balaban J connectivity index is 2.10. The van der Waals surface area contributed by atoms with Gasteiger partial charge in [-0.25, -0.2) is 8.42 Å². The Hall–Kier alpha value is -1.15. The van der Waals surface area contributed by atoms with Crippen LogP contribution in [0.4, 0.5) is 0 Å². The molecule has 1 aliphatic heterocycles. The van der Waals surface area contributed by atoms with Crippen molar-refractivity contribution in [2.75, 3.05) is 25.1 Å². The highest BCUT2D eigenvalue weighted by Crippen LogP contribution is 2.29. The molecule has 0 spiro atoms. The predicted molar refractivity (Wildman–Crippen MR) is 85.9 cm³/mol. The summed E-state index contributed by atoms with van der Waals surface area (Å²) in [7, 11) is -1.46. The van der Waals surface area contributed by atoms with Crippen molar-refractivity contribution in [2.24, 2.45) is 0 Å². The van der Waals surface area contributed by atoms with Crippen molar-refractivity contribution in [1.29, 1.82) is 0 Å². The van der Waals surface area contributed by atoms with Crippen LogP contribution in [0.5, 0.6) is 0 Å². The number of hydrogen-bond acceptors (Lipinski definition) is 5. The molecule has 2 rings (SSSR count). The molecule has 2 unspecified atom stereocenters. The maximum Gasteiger partial charge on any atom is 0.320 e. The van der Waals surface area contributed by atoms with E-state index in [9.17, 15) is 18.0 Å². The number of carbonyl (C=O) groups excluding carboxylic acids is 1. The number of likely N-dealkylation sites (N-methyl/N-ethyl adjacent to an activating group) is 1. The fraction of sp³-hybridized carbons (Fsp3) is 0.867. The van der Waals surface area contributed by atoms with Crippen molar-refractivity contribution < 1.29 is 23.1 Å². The highest BCUT2D eigenvalue weighted by molar-refractivity contribution is 7.91. The second-order valence-electron chi connectivity index (χ2n) is 6.73. The fourth-order valence-electron chi connectivity index (χ4n) is 3.50. The lowest BCUT2D eigenvalue weighted by Crippen LogP contribution is -2.51. The van der Waals surface area contributed by atoms with Gasteiger partial charge in [0.05, 0.1) is 18.1 Å². The van der Waals surface area contributed by atoms with Crippen molar-refractivity contribution in [3.8, 4) is 0 Å². The molecule has 1 heterocycles. The quantitative estimate of drug-likeness (QED) is 0.746. The zero-order valence-electron chi connectivity index (χ0n) is 13.8. The molecule has 23 heavy (non-hydrogen) atoms. The minimum atomic E-state index is -3.06. The van der Waals surface area contributed by atoms with Gasteiger partial charge in [0.25, 0.3) is 0 Å². The van der Waals surface area contributed by atoms with Crippen LogP contribution in [0.3, 0.4) is 0 Å². The summed E-state index contributed by atoms with van der Waals surface area (Å²) in [5.74, 6) is -0.964. The molecule has 1 aliphatic carbocycles. The average molecular weight is 346 g/mol. The highest BCUT2D eigenvalue weighted by Gasteiger charge is 2.39. The van der Waals surface area contributed by atoms with E-state index in [0.717, 1.165) is 25.7 Å². The van der Waals surface area contributed by atoms with Crippen LogP contribution in [0.15, 0.2) is 0 Å². The van der Waals surface area contributed by atoms with E-state index in [1.807, 2.05) is 0 Å². The minimum absolute atomic E-state index is 0.000510. The largest absolute Gasteiger partial charge is 0.480 e. The molecule has 2 fully saturated rings. The Kier molecular flexibility index (Phi) is 5.67. The first-order chi connectivity index (χ1) is 10.7. The van der Waals surface area contributed by atoms with Gasteiger partial charge in [0, 0.05) is 12.1 Å². The molecule has 132 valence electrons. The zero-order chi connectivity index (χ0) is 17.2. The SMILES string of the molecule is CC(C(=O)O)N(C)CC(=O)N(C1CCCC1)C1CCS(=O)(=O)C1. The normalized spacial score (nSPS) is 25.6. The van der Waals surface area contributed by atoms with Gasteiger partial charge in [-0.05, 0) is 33.2 Å². The van der Waals surface area contributed by atoms with E-state index in [0.29, 0.717) is 6.42 Å². The standard InChI is InChI=1S/C15H26N2O5S/c1-11(15(19)20)16(2)9-14(18)17(12-5-3-4-6-12)13-7-8-23(21,22)10-13/h11-13H,3-10H2,1-2H3,(H,19,20). The molecule has 2 atom stereocenters. The maximum atomic E-state index is 12.8. The van der Waals surface area contributed by atoms with Gasteiger partial charge in [0.1, 0.15) is 6.04 Å². The first kappa shape index (κ1) is 18.2. The Morgan fingerprint density at radius 1 is 1.17 bits per heavy atom. The summed E-state index contributed by atoms with van der Waals surface area (Å²) in [5.41, 5.74) is 0. The van der Waals surface area contributed by atoms with E-state index in [1.54, 1.807) is 11.9 Å². The van der Waals surface area contributed by atoms with Gasteiger partial charge in [-0.1, -0.05) is 12.8 Å². The first-order valence-electron chi connectivity index (χ1n) is 8.16. The molecule has 8 heteroatoms. The lowest BCUT2D eigenvalue weighted by Gasteiger charge is -2.35. The number of amides is 1. The molecule has 7 nitrogen and oxygen atoms in total. The molecule has 1 N–H and O–H groups in total. The Morgan fingerprint density at radius 3 is 2.26 bits per heavy atom. The number of aliphatic carboxylic acids is 1. The molecule has 0 bridgehead atoms. The van der Waals surface area contributed by atoms with Gasteiger partial charge in [0.15, 0.2) is 9.84 Å². The van der Waals surface area contributed by atoms with Crippen molar-refractivity contribution in [3.05, 3.63) is 0 Å². The molecule has 1 saturated carbocycles. The van der Waals surface area contributed by atoms with Crippen molar-refractivity contribution in [2.45, 2.75) is 57.2 Å². The fourth-order valence-corrected chi connectivity index (χ4v) is 5.21. The van der Waals surface area contributed by atoms with Crippen LogP contribution in [-0.2, 0) is 19.4 Å². The third-order valence-electron chi connectivity index (χ3n) is 5.01. The number of carbonyl (C=O) groups is 2. The van der Waals surface area contributed by atoms with E-state index >= 15 is 0 Å². The Bertz CT molecular complexity index is 556. The predicted octanol–water partition coefficient (Wildman–Crippen LogP) is 0.350. The lowest BCUT2D eigenvalue weighted by atomic mass is 10.1. The van der Waals surface area contributed by atoms with Gasteiger partial charge >= 0.3 is 5.97 Å². The molecule has 0 aromatic carbocycles. The van der Waals surface area contributed by atoms with E-state index in [-0.39, 0.29) is 36.0 Å². The maximum absolute atomic E-state index is 12.8. The van der Waals surface area contributed by atoms with E-state index in [4.69, 9.17) is 5.11 Å². The number of carboxylic acids is 1. The van der Waals surface area contributed by atoms with Crippen LogP contribution < -0.4 is 0 Å². The molecule has 1 saturated heterocycles. The molecule has 1 amide bonds. The Morgan fingerprint density at radius 2 is 1.78 bits per heavy atom. The van der Waals surface area contributed by atoms with Crippen LogP contribution in [0.1, 0.15) is 39.0 Å². The van der Waals surface area contributed by atoms with E-state index < -0.39 is 21.8 Å². The molecule has 2 aliphatic rings. The van der Waals surface area contributed by atoms with Gasteiger partial charge < -0.3 is 10.0 Å². The second kappa shape index (κ2) is 7.17. The molecule has 0 radical (unpaired) electrons. The van der Waals surface area contributed by atoms with E-state index in [1.165, 1.54) is 11.8 Å². The number of sulfone groups is 1. The second-order valence-corrected chi connectivity index (χ2v) is 8.95. The number of hydrogen-bond donors (Lipinski definition) is 1. The van der Waals surface area contributed by atoms with Crippen molar-refractivity contribution >= 4 is 21.7 Å². The number of carboxylic acid groups (broad SMARTS) is 1. The van der Waals surface area contributed by atoms with Crippen molar-refractivity contribution in [1.82, 2.24) is 9.80 Å². The topological polar surface area (TPSA) is 95.0 Å².